The predicted molar refractivity (Wildman–Crippen MR) is 67.9 cm³/mol. The topological polar surface area (TPSA) is 48.9 Å². The number of hydrogen-bond donors (Lipinski definition) is 2. The molecule has 0 atom stereocenters. The second kappa shape index (κ2) is 3.84. The van der Waals surface area contributed by atoms with Crippen LogP contribution in [-0.4, -0.2) is 15.1 Å². The maximum absolute atomic E-state index is 13.1. The highest BCUT2D eigenvalue weighted by atomic mass is 19.1. The van der Waals surface area contributed by atoms with E-state index in [2.05, 4.69) is 9.97 Å². The van der Waals surface area contributed by atoms with E-state index in [-0.39, 0.29) is 11.6 Å². The van der Waals surface area contributed by atoms with Crippen LogP contribution in [0.1, 0.15) is 5.56 Å². The molecule has 2 aromatic carbocycles. The van der Waals surface area contributed by atoms with Gasteiger partial charge in [0.1, 0.15) is 17.4 Å². The smallest absolute Gasteiger partial charge is 0.138 e. The first-order valence-corrected chi connectivity index (χ1v) is 5.59. The molecule has 0 amide bonds. The number of nitrogens with one attached hydrogen (secondary N) is 1. The summed E-state index contributed by atoms with van der Waals surface area (Å²) in [7, 11) is 0. The lowest BCUT2D eigenvalue weighted by molar-refractivity contribution is 0.471. The van der Waals surface area contributed by atoms with Gasteiger partial charge in [0.25, 0.3) is 0 Å². The molecule has 0 aliphatic heterocycles. The van der Waals surface area contributed by atoms with Gasteiger partial charge in [0.05, 0.1) is 11.0 Å². The molecule has 0 fully saturated rings. The molecule has 0 spiro atoms. The molecular formula is C14H11FN2O. The lowest BCUT2D eigenvalue weighted by atomic mass is 10.1. The van der Waals surface area contributed by atoms with E-state index in [4.69, 9.17) is 0 Å². The van der Waals surface area contributed by atoms with Crippen LogP contribution in [0.3, 0.4) is 0 Å². The highest BCUT2D eigenvalue weighted by Gasteiger charge is 2.10. The number of aromatic amines is 1. The molecule has 1 heterocycles. The number of benzene rings is 2. The summed E-state index contributed by atoms with van der Waals surface area (Å²) in [6.45, 7) is 1.82. The van der Waals surface area contributed by atoms with E-state index >= 15 is 0 Å². The molecule has 0 saturated heterocycles. The van der Waals surface area contributed by atoms with Gasteiger partial charge in [-0.15, -0.1) is 0 Å². The molecule has 3 aromatic rings. The summed E-state index contributed by atoms with van der Waals surface area (Å²) in [6.07, 6.45) is 0. The number of nitrogens with zero attached hydrogens (tertiary/aromatic N) is 1. The minimum absolute atomic E-state index is 0.221. The normalized spacial score (nSPS) is 11.0. The number of halogens is 1. The molecule has 0 unspecified atom stereocenters. The summed E-state index contributed by atoms with van der Waals surface area (Å²) in [4.78, 5) is 7.45. The molecule has 0 aliphatic carbocycles. The first-order valence-electron chi connectivity index (χ1n) is 5.59. The van der Waals surface area contributed by atoms with Gasteiger partial charge < -0.3 is 10.1 Å². The van der Waals surface area contributed by atoms with Crippen LogP contribution in [0.2, 0.25) is 0 Å². The summed E-state index contributed by atoms with van der Waals surface area (Å²) >= 11 is 0. The van der Waals surface area contributed by atoms with E-state index in [0.717, 1.165) is 11.1 Å². The third-order valence-electron chi connectivity index (χ3n) is 3.00. The number of phenolic OH excluding ortho intramolecular Hbond substituents is 1. The quantitative estimate of drug-likeness (QED) is 0.687. The van der Waals surface area contributed by atoms with E-state index < -0.39 is 0 Å². The van der Waals surface area contributed by atoms with Crippen LogP contribution in [0.4, 0.5) is 4.39 Å². The lowest BCUT2D eigenvalue weighted by Crippen LogP contribution is -1.85. The van der Waals surface area contributed by atoms with E-state index in [9.17, 15) is 9.50 Å². The average molecular weight is 242 g/mol. The van der Waals surface area contributed by atoms with E-state index in [1.807, 2.05) is 13.0 Å². The monoisotopic (exact) mass is 242 g/mol. The van der Waals surface area contributed by atoms with Gasteiger partial charge in [-0.3, -0.25) is 0 Å². The molecule has 3 rings (SSSR count). The number of aromatic hydroxyl groups is 1. The minimum Gasteiger partial charge on any atom is -0.508 e. The number of phenols is 1. The molecule has 0 radical (unpaired) electrons. The van der Waals surface area contributed by atoms with Crippen LogP contribution in [-0.2, 0) is 0 Å². The Morgan fingerprint density at radius 2 is 2.06 bits per heavy atom. The molecule has 0 saturated carbocycles. The summed E-state index contributed by atoms with van der Waals surface area (Å²) in [5.41, 5.74) is 2.91. The number of rotatable bonds is 1. The Balaban J connectivity index is 2.22. The molecule has 0 aliphatic rings. The van der Waals surface area contributed by atoms with Crippen molar-refractivity contribution in [3.63, 3.8) is 0 Å². The van der Waals surface area contributed by atoms with Crippen molar-refractivity contribution in [3.8, 4) is 17.1 Å². The highest BCUT2D eigenvalue weighted by Crippen LogP contribution is 2.28. The third kappa shape index (κ3) is 1.62. The summed E-state index contributed by atoms with van der Waals surface area (Å²) < 4.78 is 13.1. The maximum Gasteiger partial charge on any atom is 0.138 e. The number of imidazole rings is 1. The Kier molecular flexibility index (Phi) is 2.30. The number of H-pyrrole nitrogens is 1. The second-order valence-electron chi connectivity index (χ2n) is 4.20. The van der Waals surface area contributed by atoms with Crippen molar-refractivity contribution in [1.29, 1.82) is 0 Å². The van der Waals surface area contributed by atoms with Crippen molar-refractivity contribution in [2.24, 2.45) is 0 Å². The Morgan fingerprint density at radius 3 is 2.89 bits per heavy atom. The molecule has 1 aromatic heterocycles. The molecule has 18 heavy (non-hydrogen) atoms. The van der Waals surface area contributed by atoms with Gasteiger partial charge in [0.2, 0.25) is 0 Å². The number of fused-ring (bicyclic) bond motifs is 1. The second-order valence-corrected chi connectivity index (χ2v) is 4.20. The summed E-state index contributed by atoms with van der Waals surface area (Å²) in [5, 5.41) is 9.68. The Hall–Kier alpha value is -2.36. The molecule has 90 valence electrons. The minimum atomic E-state index is -0.301. The zero-order valence-electron chi connectivity index (χ0n) is 9.74. The zero-order valence-corrected chi connectivity index (χ0v) is 9.74. The van der Waals surface area contributed by atoms with E-state index in [1.54, 1.807) is 18.2 Å². The van der Waals surface area contributed by atoms with Crippen LogP contribution in [0, 0.1) is 12.7 Å². The fourth-order valence-electron chi connectivity index (χ4n) is 1.99. The van der Waals surface area contributed by atoms with Crippen molar-refractivity contribution >= 4 is 11.0 Å². The van der Waals surface area contributed by atoms with Crippen LogP contribution in [0.5, 0.6) is 5.75 Å². The van der Waals surface area contributed by atoms with Crippen molar-refractivity contribution in [2.75, 3.05) is 0 Å². The van der Waals surface area contributed by atoms with Crippen LogP contribution in [0.25, 0.3) is 22.4 Å². The SMILES string of the molecule is Cc1c(O)cccc1-c1nc2ccc(F)cc2[nH]1. The largest absolute Gasteiger partial charge is 0.508 e. The predicted octanol–water partition coefficient (Wildman–Crippen LogP) is 3.38. The van der Waals surface area contributed by atoms with Crippen molar-refractivity contribution in [3.05, 3.63) is 47.8 Å². The highest BCUT2D eigenvalue weighted by molar-refractivity contribution is 5.80. The average Bonchev–Trinajstić information content (AvgIpc) is 2.75. The fraction of sp³-hybridized carbons (Fsp3) is 0.0714. The van der Waals surface area contributed by atoms with Crippen LogP contribution in [0.15, 0.2) is 36.4 Å². The Bertz CT molecular complexity index is 734. The van der Waals surface area contributed by atoms with Gasteiger partial charge in [-0.2, -0.15) is 0 Å². The van der Waals surface area contributed by atoms with Gasteiger partial charge in [-0.25, -0.2) is 9.37 Å². The standard InChI is InChI=1S/C14H11FN2O/c1-8-10(3-2-4-13(8)18)14-16-11-6-5-9(15)7-12(11)17-14/h2-7,18H,1H3,(H,16,17). The summed E-state index contributed by atoms with van der Waals surface area (Å²) in [6, 6.07) is 9.66. The van der Waals surface area contributed by atoms with E-state index in [1.165, 1.54) is 12.1 Å². The third-order valence-corrected chi connectivity index (χ3v) is 3.00. The van der Waals surface area contributed by atoms with Crippen LogP contribution < -0.4 is 0 Å². The zero-order chi connectivity index (χ0) is 12.7. The molecule has 4 heteroatoms. The molecular weight excluding hydrogens is 231 g/mol. The van der Waals surface area contributed by atoms with Gasteiger partial charge >= 0.3 is 0 Å². The van der Waals surface area contributed by atoms with Gasteiger partial charge in [-0.05, 0) is 31.2 Å². The van der Waals surface area contributed by atoms with Crippen molar-refractivity contribution < 1.29 is 9.50 Å². The number of hydrogen-bond acceptors (Lipinski definition) is 2. The van der Waals surface area contributed by atoms with E-state index in [0.29, 0.717) is 16.9 Å². The lowest BCUT2D eigenvalue weighted by Gasteiger charge is -2.03. The first kappa shape index (κ1) is 10.8. The fourth-order valence-corrected chi connectivity index (χ4v) is 1.99. The Morgan fingerprint density at radius 1 is 1.22 bits per heavy atom. The van der Waals surface area contributed by atoms with Crippen molar-refractivity contribution in [1.82, 2.24) is 9.97 Å². The molecule has 3 nitrogen and oxygen atoms in total. The first-order chi connectivity index (χ1) is 8.65. The van der Waals surface area contributed by atoms with Gasteiger partial charge in [0, 0.05) is 11.1 Å². The summed E-state index contributed by atoms with van der Waals surface area (Å²) in [5.74, 6) is 0.550. The number of aromatic nitrogens is 2. The Labute approximate surface area is 103 Å². The molecule has 0 bridgehead atoms. The van der Waals surface area contributed by atoms with Crippen molar-refractivity contribution in [2.45, 2.75) is 6.92 Å². The van der Waals surface area contributed by atoms with Gasteiger partial charge in [-0.1, -0.05) is 12.1 Å². The molecule has 2 N–H and O–H groups in total. The van der Waals surface area contributed by atoms with Gasteiger partial charge in [0.15, 0.2) is 0 Å². The maximum atomic E-state index is 13.1. The van der Waals surface area contributed by atoms with Crippen LogP contribution >= 0.6 is 0 Å².